The molecule has 3 fully saturated rings. The first-order valence-electron chi connectivity index (χ1n) is 12.9. The first-order chi connectivity index (χ1) is 15.3. The number of aromatic nitrogens is 2. The molecule has 0 radical (unpaired) electrons. The van der Waals surface area contributed by atoms with E-state index in [9.17, 15) is 0 Å². The zero-order chi connectivity index (χ0) is 21.0. The highest BCUT2D eigenvalue weighted by Crippen LogP contribution is 2.34. The zero-order valence-electron chi connectivity index (χ0n) is 19.5. The average molecular weight is 424 g/mol. The summed E-state index contributed by atoms with van der Waals surface area (Å²) >= 11 is 0. The Morgan fingerprint density at radius 2 is 1.48 bits per heavy atom. The molecule has 5 rings (SSSR count). The van der Waals surface area contributed by atoms with Gasteiger partial charge in [-0.15, -0.1) is 0 Å². The third-order valence-corrected chi connectivity index (χ3v) is 8.03. The van der Waals surface area contributed by atoms with Crippen molar-refractivity contribution in [2.75, 3.05) is 57.8 Å². The normalized spacial score (nSPS) is 23.8. The Labute approximate surface area is 188 Å². The number of piperazine rings is 1. The van der Waals surface area contributed by atoms with Crippen molar-refractivity contribution in [1.29, 1.82) is 0 Å². The van der Waals surface area contributed by atoms with Gasteiger partial charge < -0.3 is 19.3 Å². The average Bonchev–Trinajstić information content (AvgIpc) is 3.16. The number of para-hydroxylation sites is 2. The number of piperidine rings is 1. The number of anilines is 1. The molecule has 5 heteroatoms. The van der Waals surface area contributed by atoms with Gasteiger partial charge in [0.25, 0.3) is 0 Å². The van der Waals surface area contributed by atoms with E-state index in [1.807, 2.05) is 0 Å². The summed E-state index contributed by atoms with van der Waals surface area (Å²) < 4.78 is 2.60. The number of hydrogen-bond donors (Lipinski definition) is 0. The lowest BCUT2D eigenvalue weighted by Gasteiger charge is -2.38. The lowest BCUT2D eigenvalue weighted by molar-refractivity contribution is 0.153. The summed E-state index contributed by atoms with van der Waals surface area (Å²) in [6.07, 6.45) is 12.7. The van der Waals surface area contributed by atoms with Crippen molar-refractivity contribution in [3.63, 3.8) is 0 Å². The third kappa shape index (κ3) is 4.93. The number of hydrogen-bond acceptors (Lipinski definition) is 4. The molecule has 3 heterocycles. The van der Waals surface area contributed by atoms with Gasteiger partial charge in [0, 0.05) is 51.9 Å². The van der Waals surface area contributed by atoms with E-state index >= 15 is 0 Å². The van der Waals surface area contributed by atoms with Crippen molar-refractivity contribution in [2.24, 2.45) is 5.92 Å². The van der Waals surface area contributed by atoms with E-state index in [-0.39, 0.29) is 0 Å². The zero-order valence-corrected chi connectivity index (χ0v) is 19.5. The Balaban J connectivity index is 1.28. The van der Waals surface area contributed by atoms with E-state index in [1.54, 1.807) is 0 Å². The Kier molecular flexibility index (Phi) is 6.80. The van der Waals surface area contributed by atoms with Crippen molar-refractivity contribution in [2.45, 2.75) is 63.8 Å². The van der Waals surface area contributed by atoms with Crippen molar-refractivity contribution in [3.05, 3.63) is 24.3 Å². The topological polar surface area (TPSA) is 27.5 Å². The fraction of sp³-hybridized carbons (Fsp3) is 0.731. The van der Waals surface area contributed by atoms with Crippen LogP contribution in [0.25, 0.3) is 11.0 Å². The number of fused-ring (bicyclic) bond motifs is 1. The van der Waals surface area contributed by atoms with E-state index in [2.05, 4.69) is 50.6 Å². The second-order valence-electron chi connectivity index (χ2n) is 10.3. The molecule has 0 N–H and O–H groups in total. The van der Waals surface area contributed by atoms with Crippen LogP contribution >= 0.6 is 0 Å². The summed E-state index contributed by atoms with van der Waals surface area (Å²) in [5.41, 5.74) is 2.49. The van der Waals surface area contributed by atoms with Crippen LogP contribution in [0, 0.1) is 5.92 Å². The molecule has 1 aromatic carbocycles. The first kappa shape index (κ1) is 21.3. The minimum atomic E-state index is 0.579. The lowest BCUT2D eigenvalue weighted by Crippen LogP contribution is -2.46. The van der Waals surface area contributed by atoms with E-state index < -0.39 is 0 Å². The van der Waals surface area contributed by atoms with Gasteiger partial charge in [-0.25, -0.2) is 4.98 Å². The van der Waals surface area contributed by atoms with E-state index in [0.29, 0.717) is 6.04 Å². The van der Waals surface area contributed by atoms with Gasteiger partial charge in [-0.05, 0) is 50.8 Å². The van der Waals surface area contributed by atoms with Crippen molar-refractivity contribution in [1.82, 2.24) is 19.4 Å². The van der Waals surface area contributed by atoms with Crippen LogP contribution in [0.4, 0.5) is 5.95 Å². The van der Waals surface area contributed by atoms with Crippen LogP contribution in [0.5, 0.6) is 0 Å². The molecule has 0 amide bonds. The summed E-state index contributed by atoms with van der Waals surface area (Å²) in [4.78, 5) is 12.9. The summed E-state index contributed by atoms with van der Waals surface area (Å²) in [5.74, 6) is 2.15. The molecule has 170 valence electrons. The van der Waals surface area contributed by atoms with Crippen molar-refractivity contribution < 1.29 is 0 Å². The minimum Gasteiger partial charge on any atom is -0.340 e. The molecule has 1 aliphatic carbocycles. The van der Waals surface area contributed by atoms with Crippen LogP contribution in [-0.4, -0.2) is 72.2 Å². The predicted octanol–water partition coefficient (Wildman–Crippen LogP) is 4.79. The van der Waals surface area contributed by atoms with Crippen molar-refractivity contribution in [3.8, 4) is 0 Å². The molecule has 0 spiro atoms. The minimum absolute atomic E-state index is 0.579. The third-order valence-electron chi connectivity index (χ3n) is 8.03. The molecule has 1 saturated carbocycles. The van der Waals surface area contributed by atoms with Gasteiger partial charge in [-0.3, -0.25) is 0 Å². The number of likely N-dealkylation sites (N-methyl/N-ethyl adjacent to an activating group) is 1. The Bertz CT molecular complexity index is 821. The fourth-order valence-electron chi connectivity index (χ4n) is 6.07. The van der Waals surface area contributed by atoms with Gasteiger partial charge in [-0.1, -0.05) is 44.2 Å². The number of benzene rings is 1. The highest BCUT2D eigenvalue weighted by atomic mass is 15.4. The highest BCUT2D eigenvalue weighted by Gasteiger charge is 2.28. The second kappa shape index (κ2) is 9.91. The van der Waals surface area contributed by atoms with E-state index in [4.69, 9.17) is 4.98 Å². The van der Waals surface area contributed by atoms with Crippen LogP contribution in [0.2, 0.25) is 0 Å². The predicted molar refractivity (Wildman–Crippen MR) is 130 cm³/mol. The lowest BCUT2D eigenvalue weighted by atomic mass is 9.90. The fourth-order valence-corrected chi connectivity index (χ4v) is 6.07. The van der Waals surface area contributed by atoms with Crippen LogP contribution in [-0.2, 0) is 0 Å². The summed E-state index contributed by atoms with van der Waals surface area (Å²) in [7, 11) is 2.23. The molecular weight excluding hydrogens is 382 g/mol. The van der Waals surface area contributed by atoms with Crippen LogP contribution in [0.1, 0.15) is 63.8 Å². The van der Waals surface area contributed by atoms with Gasteiger partial charge in [0.1, 0.15) is 0 Å². The highest BCUT2D eigenvalue weighted by molar-refractivity contribution is 5.79. The maximum atomic E-state index is 5.13. The standard InChI is InChI=1S/C26H41N5/c1-28-17-19-30(20-18-28)26-27-24-11-7-8-12-25(24)31(26)23-13-15-29(16-14-23)21-22-9-5-3-2-4-6-10-22/h7-8,11-12,22-23H,2-6,9-10,13-21H2,1H3. The van der Waals surface area contributed by atoms with Crippen molar-refractivity contribution >= 4 is 17.0 Å². The number of imidazole rings is 1. The Morgan fingerprint density at radius 3 is 2.23 bits per heavy atom. The monoisotopic (exact) mass is 423 g/mol. The quantitative estimate of drug-likeness (QED) is 0.707. The second-order valence-corrected chi connectivity index (χ2v) is 10.3. The Hall–Kier alpha value is -1.59. The number of rotatable bonds is 4. The van der Waals surface area contributed by atoms with Crippen LogP contribution in [0.15, 0.2) is 24.3 Å². The smallest absolute Gasteiger partial charge is 0.206 e. The molecule has 2 aromatic rings. The van der Waals surface area contributed by atoms with E-state index in [0.717, 1.165) is 37.6 Å². The van der Waals surface area contributed by atoms with E-state index in [1.165, 1.54) is 88.9 Å². The van der Waals surface area contributed by atoms with Gasteiger partial charge in [0.15, 0.2) is 0 Å². The molecule has 1 aromatic heterocycles. The SMILES string of the molecule is CN1CCN(c2nc3ccccc3n2C2CCN(CC3CCCCCCC3)CC2)CC1. The number of nitrogens with zero attached hydrogens (tertiary/aromatic N) is 5. The molecule has 0 atom stereocenters. The van der Waals surface area contributed by atoms with Gasteiger partial charge in [0.05, 0.1) is 11.0 Å². The maximum Gasteiger partial charge on any atom is 0.206 e. The molecule has 2 saturated heterocycles. The molecule has 31 heavy (non-hydrogen) atoms. The molecule has 0 unspecified atom stereocenters. The largest absolute Gasteiger partial charge is 0.340 e. The van der Waals surface area contributed by atoms with Crippen LogP contribution < -0.4 is 4.90 Å². The Morgan fingerprint density at radius 1 is 0.806 bits per heavy atom. The molecule has 5 nitrogen and oxygen atoms in total. The molecular formula is C26H41N5. The first-order valence-corrected chi connectivity index (χ1v) is 12.9. The van der Waals surface area contributed by atoms with Gasteiger partial charge in [0.2, 0.25) is 5.95 Å². The molecule has 3 aliphatic rings. The maximum absolute atomic E-state index is 5.13. The molecule has 2 aliphatic heterocycles. The van der Waals surface area contributed by atoms with Gasteiger partial charge >= 0.3 is 0 Å². The van der Waals surface area contributed by atoms with Crippen LogP contribution in [0.3, 0.4) is 0 Å². The summed E-state index contributed by atoms with van der Waals surface area (Å²) in [6.45, 7) is 8.25. The summed E-state index contributed by atoms with van der Waals surface area (Å²) in [6, 6.07) is 9.36. The summed E-state index contributed by atoms with van der Waals surface area (Å²) in [5, 5.41) is 0. The number of likely N-dealkylation sites (tertiary alicyclic amines) is 1. The molecule has 0 bridgehead atoms. The van der Waals surface area contributed by atoms with Gasteiger partial charge in [-0.2, -0.15) is 0 Å².